The minimum absolute atomic E-state index is 0.148. The van der Waals surface area contributed by atoms with Crippen molar-refractivity contribution in [1.82, 2.24) is 5.32 Å². The summed E-state index contributed by atoms with van der Waals surface area (Å²) in [6.45, 7) is 2.13. The molecule has 1 heterocycles. The van der Waals surface area contributed by atoms with E-state index in [1.54, 1.807) is 19.1 Å². The van der Waals surface area contributed by atoms with Crippen LogP contribution in [0.15, 0.2) is 27.4 Å². The molecular formula is C21H25NO6. The molecule has 0 aliphatic heterocycles. The fourth-order valence-corrected chi connectivity index (χ4v) is 3.53. The van der Waals surface area contributed by atoms with Gasteiger partial charge in [0.2, 0.25) is 0 Å². The number of benzene rings is 1. The Hall–Kier alpha value is -2.83. The van der Waals surface area contributed by atoms with E-state index in [1.807, 2.05) is 6.07 Å². The summed E-state index contributed by atoms with van der Waals surface area (Å²) >= 11 is 0. The third-order valence-electron chi connectivity index (χ3n) is 4.99. The second-order valence-electron chi connectivity index (χ2n) is 7.11. The Bertz CT molecular complexity index is 932. The van der Waals surface area contributed by atoms with Crippen LogP contribution in [0.25, 0.3) is 11.0 Å². The van der Waals surface area contributed by atoms with Gasteiger partial charge in [0.25, 0.3) is 5.91 Å². The number of hydrogen-bond donors (Lipinski definition) is 2. The highest BCUT2D eigenvalue weighted by molar-refractivity contribution is 5.84. The van der Waals surface area contributed by atoms with Crippen molar-refractivity contribution in [2.75, 3.05) is 6.54 Å². The van der Waals surface area contributed by atoms with Crippen molar-refractivity contribution in [3.05, 3.63) is 39.7 Å². The predicted molar refractivity (Wildman–Crippen MR) is 104 cm³/mol. The Morgan fingerprint density at radius 2 is 2.00 bits per heavy atom. The standard InChI is InChI=1S/C21H25NO6/c1-13(20(25)22-11-4-2-3-8-19(23)24)27-14-9-10-16-15-6-5-7-17(15)21(26)28-18(16)12-14/h9-10,12-13H,2-8,11H2,1H3,(H,22,25)(H,23,24). The van der Waals surface area contributed by atoms with Crippen LogP contribution in [0, 0.1) is 0 Å². The number of rotatable bonds is 9. The van der Waals surface area contributed by atoms with Gasteiger partial charge in [0.1, 0.15) is 11.3 Å². The summed E-state index contributed by atoms with van der Waals surface area (Å²) in [6.07, 6.45) is 4.12. The highest BCUT2D eigenvalue weighted by atomic mass is 16.5. The molecule has 0 radical (unpaired) electrons. The molecule has 0 fully saturated rings. The summed E-state index contributed by atoms with van der Waals surface area (Å²) in [4.78, 5) is 34.7. The lowest BCUT2D eigenvalue weighted by Gasteiger charge is -2.15. The molecule has 7 nitrogen and oxygen atoms in total. The average Bonchev–Trinajstić information content (AvgIpc) is 3.14. The number of aryl methyl sites for hydroxylation is 1. The molecule has 1 atom stereocenters. The lowest BCUT2D eigenvalue weighted by Crippen LogP contribution is -2.36. The topological polar surface area (TPSA) is 106 Å². The van der Waals surface area contributed by atoms with E-state index < -0.39 is 12.1 Å². The minimum atomic E-state index is -0.803. The summed E-state index contributed by atoms with van der Waals surface area (Å²) in [5.41, 5.74) is 2.03. The van der Waals surface area contributed by atoms with Gasteiger partial charge in [-0.3, -0.25) is 9.59 Å². The van der Waals surface area contributed by atoms with Gasteiger partial charge < -0.3 is 19.6 Å². The number of fused-ring (bicyclic) bond motifs is 3. The van der Waals surface area contributed by atoms with Crippen LogP contribution in [-0.2, 0) is 22.4 Å². The number of carboxylic acid groups (broad SMARTS) is 1. The lowest BCUT2D eigenvalue weighted by atomic mass is 10.1. The zero-order chi connectivity index (χ0) is 20.1. The van der Waals surface area contributed by atoms with Gasteiger partial charge in [-0.15, -0.1) is 0 Å². The number of carbonyl (C=O) groups is 2. The van der Waals surface area contributed by atoms with Crippen LogP contribution in [0.4, 0.5) is 0 Å². The number of aliphatic carboxylic acids is 1. The maximum Gasteiger partial charge on any atom is 0.339 e. The van der Waals surface area contributed by atoms with Crippen LogP contribution in [0.5, 0.6) is 5.75 Å². The van der Waals surface area contributed by atoms with E-state index >= 15 is 0 Å². The van der Waals surface area contributed by atoms with E-state index in [0.717, 1.165) is 48.6 Å². The smallest absolute Gasteiger partial charge is 0.339 e. The highest BCUT2D eigenvalue weighted by Crippen LogP contribution is 2.29. The van der Waals surface area contributed by atoms with Crippen LogP contribution in [-0.4, -0.2) is 29.6 Å². The zero-order valence-corrected chi connectivity index (χ0v) is 16.0. The molecule has 3 rings (SSSR count). The summed E-state index contributed by atoms with van der Waals surface area (Å²) in [5.74, 6) is -0.575. The zero-order valence-electron chi connectivity index (χ0n) is 16.0. The molecule has 1 unspecified atom stereocenters. The molecule has 7 heteroatoms. The van der Waals surface area contributed by atoms with E-state index in [-0.39, 0.29) is 18.0 Å². The SMILES string of the molecule is CC(Oc1ccc2c3c(c(=O)oc2c1)CCC3)C(=O)NCCCCCC(=O)O. The van der Waals surface area contributed by atoms with Crippen molar-refractivity contribution in [2.24, 2.45) is 0 Å². The Morgan fingerprint density at radius 1 is 1.21 bits per heavy atom. The summed E-state index contributed by atoms with van der Waals surface area (Å²) in [6, 6.07) is 5.33. The van der Waals surface area contributed by atoms with Gasteiger partial charge in [0.15, 0.2) is 6.10 Å². The maximum absolute atomic E-state index is 12.2. The molecule has 1 aliphatic rings. The Kier molecular flexibility index (Phi) is 6.34. The molecule has 0 bridgehead atoms. The Balaban J connectivity index is 1.55. The van der Waals surface area contributed by atoms with Crippen molar-refractivity contribution in [2.45, 2.75) is 58.0 Å². The Labute approximate surface area is 162 Å². The van der Waals surface area contributed by atoms with Crippen molar-refractivity contribution >= 4 is 22.8 Å². The average molecular weight is 387 g/mol. The molecule has 2 aromatic rings. The number of carboxylic acids is 1. The minimum Gasteiger partial charge on any atom is -0.481 e. The first-order valence-corrected chi connectivity index (χ1v) is 9.70. The van der Waals surface area contributed by atoms with Gasteiger partial charge >= 0.3 is 11.6 Å². The van der Waals surface area contributed by atoms with E-state index in [4.69, 9.17) is 14.3 Å². The molecule has 150 valence electrons. The second-order valence-corrected chi connectivity index (χ2v) is 7.11. The summed E-state index contributed by atoms with van der Waals surface area (Å²) in [7, 11) is 0. The van der Waals surface area contributed by atoms with Gasteiger partial charge in [-0.2, -0.15) is 0 Å². The number of ether oxygens (including phenoxy) is 1. The third kappa shape index (κ3) is 4.71. The monoisotopic (exact) mass is 387 g/mol. The number of amides is 1. The Morgan fingerprint density at radius 3 is 2.79 bits per heavy atom. The van der Waals surface area contributed by atoms with Gasteiger partial charge in [-0.05, 0) is 56.7 Å². The van der Waals surface area contributed by atoms with Crippen LogP contribution >= 0.6 is 0 Å². The van der Waals surface area contributed by atoms with Crippen LogP contribution < -0.4 is 15.7 Å². The fraction of sp³-hybridized carbons (Fsp3) is 0.476. The van der Waals surface area contributed by atoms with E-state index in [0.29, 0.717) is 24.3 Å². The molecule has 1 aromatic carbocycles. The quantitative estimate of drug-likeness (QED) is 0.506. The van der Waals surface area contributed by atoms with Gasteiger partial charge in [-0.25, -0.2) is 4.79 Å². The van der Waals surface area contributed by atoms with Crippen LogP contribution in [0.3, 0.4) is 0 Å². The number of carbonyl (C=O) groups excluding carboxylic acids is 1. The van der Waals surface area contributed by atoms with E-state index in [1.165, 1.54) is 0 Å². The first-order valence-electron chi connectivity index (χ1n) is 9.70. The largest absolute Gasteiger partial charge is 0.481 e. The molecule has 2 N–H and O–H groups in total. The molecular weight excluding hydrogens is 362 g/mol. The maximum atomic E-state index is 12.2. The van der Waals surface area contributed by atoms with E-state index in [2.05, 4.69) is 5.32 Å². The predicted octanol–water partition coefficient (Wildman–Crippen LogP) is 2.81. The van der Waals surface area contributed by atoms with Crippen molar-refractivity contribution < 1.29 is 23.8 Å². The number of hydrogen-bond acceptors (Lipinski definition) is 5. The molecule has 1 amide bonds. The van der Waals surface area contributed by atoms with Gasteiger partial charge in [-0.1, -0.05) is 6.42 Å². The molecule has 0 saturated heterocycles. The molecule has 0 spiro atoms. The molecule has 0 saturated carbocycles. The first-order chi connectivity index (χ1) is 13.5. The van der Waals surface area contributed by atoms with E-state index in [9.17, 15) is 14.4 Å². The summed E-state index contributed by atoms with van der Waals surface area (Å²) < 4.78 is 11.1. The molecule has 1 aromatic heterocycles. The van der Waals surface area contributed by atoms with Crippen LogP contribution in [0.1, 0.15) is 50.2 Å². The highest BCUT2D eigenvalue weighted by Gasteiger charge is 2.20. The van der Waals surface area contributed by atoms with Crippen molar-refractivity contribution in [3.8, 4) is 5.75 Å². The van der Waals surface area contributed by atoms with Gasteiger partial charge in [0.05, 0.1) is 0 Å². The van der Waals surface area contributed by atoms with Crippen molar-refractivity contribution in [3.63, 3.8) is 0 Å². The third-order valence-corrected chi connectivity index (χ3v) is 4.99. The fourth-order valence-electron chi connectivity index (χ4n) is 3.53. The van der Waals surface area contributed by atoms with Crippen LogP contribution in [0.2, 0.25) is 0 Å². The van der Waals surface area contributed by atoms with Gasteiger partial charge in [0, 0.05) is 30.0 Å². The lowest BCUT2D eigenvalue weighted by molar-refractivity contribution is -0.137. The second kappa shape index (κ2) is 8.91. The normalized spacial score (nSPS) is 13.9. The molecule has 28 heavy (non-hydrogen) atoms. The van der Waals surface area contributed by atoms with Crippen molar-refractivity contribution in [1.29, 1.82) is 0 Å². The number of unbranched alkanes of at least 4 members (excludes halogenated alkanes) is 2. The molecule has 1 aliphatic carbocycles. The summed E-state index contributed by atoms with van der Waals surface area (Å²) in [5, 5.41) is 12.3. The number of nitrogens with one attached hydrogen (secondary N) is 1. The first kappa shape index (κ1) is 19.9.